The predicted octanol–water partition coefficient (Wildman–Crippen LogP) is 2.39. The molecule has 120 valence electrons. The molecule has 1 aliphatic carbocycles. The lowest BCUT2D eigenvalue weighted by atomic mass is 9.95. The number of nitrogens with two attached hydrogens (primary N) is 1. The fourth-order valence-electron chi connectivity index (χ4n) is 3.68. The van der Waals surface area contributed by atoms with Gasteiger partial charge in [0.1, 0.15) is 5.82 Å². The van der Waals surface area contributed by atoms with Crippen molar-refractivity contribution in [2.45, 2.75) is 38.5 Å². The summed E-state index contributed by atoms with van der Waals surface area (Å²) in [5, 5.41) is 2.95. The minimum atomic E-state index is 0.0496. The molecule has 5 nitrogen and oxygen atoms in total. The van der Waals surface area contributed by atoms with Crippen molar-refractivity contribution >= 4 is 17.4 Å². The van der Waals surface area contributed by atoms with Gasteiger partial charge in [-0.25, -0.2) is 4.98 Å². The van der Waals surface area contributed by atoms with Gasteiger partial charge < -0.3 is 16.0 Å². The van der Waals surface area contributed by atoms with Crippen LogP contribution in [0.5, 0.6) is 0 Å². The molecule has 1 aromatic heterocycles. The number of aromatic nitrogens is 1. The van der Waals surface area contributed by atoms with Crippen LogP contribution in [-0.2, 0) is 4.79 Å². The number of anilines is 2. The van der Waals surface area contributed by atoms with Gasteiger partial charge in [-0.2, -0.15) is 0 Å². The summed E-state index contributed by atoms with van der Waals surface area (Å²) in [7, 11) is 0. The summed E-state index contributed by atoms with van der Waals surface area (Å²) < 4.78 is 0. The fourth-order valence-corrected chi connectivity index (χ4v) is 3.68. The maximum atomic E-state index is 12.4. The maximum Gasteiger partial charge on any atom is 0.228 e. The molecule has 1 amide bonds. The highest BCUT2D eigenvalue weighted by atomic mass is 16.2. The van der Waals surface area contributed by atoms with Gasteiger partial charge in [0, 0.05) is 19.0 Å². The van der Waals surface area contributed by atoms with Gasteiger partial charge in [-0.3, -0.25) is 4.79 Å². The van der Waals surface area contributed by atoms with Crippen LogP contribution in [0.25, 0.3) is 0 Å². The van der Waals surface area contributed by atoms with Crippen LogP contribution in [0.2, 0.25) is 0 Å². The highest BCUT2D eigenvalue weighted by Crippen LogP contribution is 2.31. The van der Waals surface area contributed by atoms with E-state index in [9.17, 15) is 4.79 Å². The van der Waals surface area contributed by atoms with Crippen LogP contribution in [0.4, 0.5) is 11.5 Å². The molecule has 3 N–H and O–H groups in total. The number of pyridine rings is 1. The summed E-state index contributed by atoms with van der Waals surface area (Å²) in [6.07, 6.45) is 8.80. The van der Waals surface area contributed by atoms with E-state index in [-0.39, 0.29) is 11.8 Å². The van der Waals surface area contributed by atoms with Gasteiger partial charge in [-0.1, -0.05) is 6.42 Å². The predicted molar refractivity (Wildman–Crippen MR) is 88.8 cm³/mol. The lowest BCUT2D eigenvalue weighted by Crippen LogP contribution is -2.30. The molecule has 0 bridgehead atoms. The largest absolute Gasteiger partial charge is 0.370 e. The smallest absolute Gasteiger partial charge is 0.228 e. The van der Waals surface area contributed by atoms with Crippen LogP contribution in [0.15, 0.2) is 18.3 Å². The molecule has 5 heteroatoms. The highest BCUT2D eigenvalue weighted by Gasteiger charge is 2.32. The number of nitrogens with zero attached hydrogens (tertiary/aromatic N) is 2. The first-order chi connectivity index (χ1) is 10.8. The fraction of sp³-hybridized carbons (Fsp3) is 0.647. The molecule has 1 saturated heterocycles. The average Bonchev–Trinajstić information content (AvgIpc) is 3.05. The molecular weight excluding hydrogens is 276 g/mol. The molecule has 1 saturated carbocycles. The number of piperidine rings is 1. The number of amides is 1. The molecule has 2 aliphatic rings. The molecule has 2 heterocycles. The quantitative estimate of drug-likeness (QED) is 0.896. The normalized spacial score (nSPS) is 25.2. The number of hydrogen-bond donors (Lipinski definition) is 2. The van der Waals surface area contributed by atoms with Crippen LogP contribution in [0.1, 0.15) is 38.5 Å². The van der Waals surface area contributed by atoms with Gasteiger partial charge in [-0.15, -0.1) is 0 Å². The molecule has 0 spiro atoms. The summed E-state index contributed by atoms with van der Waals surface area (Å²) in [6, 6.07) is 3.97. The van der Waals surface area contributed by atoms with Crippen molar-refractivity contribution in [3.63, 3.8) is 0 Å². The summed E-state index contributed by atoms with van der Waals surface area (Å²) in [6.45, 7) is 2.81. The Kier molecular flexibility index (Phi) is 4.93. The summed E-state index contributed by atoms with van der Waals surface area (Å²) in [5.41, 5.74) is 6.91. The zero-order valence-electron chi connectivity index (χ0n) is 13.1. The zero-order valence-corrected chi connectivity index (χ0v) is 13.1. The van der Waals surface area contributed by atoms with Crippen molar-refractivity contribution in [2.24, 2.45) is 17.6 Å². The second-order valence-corrected chi connectivity index (χ2v) is 6.47. The molecule has 22 heavy (non-hydrogen) atoms. The summed E-state index contributed by atoms with van der Waals surface area (Å²) in [5.74, 6) is 1.10. The third-order valence-electron chi connectivity index (χ3n) is 5.02. The first-order valence-electron chi connectivity index (χ1n) is 8.50. The van der Waals surface area contributed by atoms with Crippen molar-refractivity contribution in [1.29, 1.82) is 0 Å². The molecule has 0 unspecified atom stereocenters. The summed E-state index contributed by atoms with van der Waals surface area (Å²) >= 11 is 0. The third kappa shape index (κ3) is 3.40. The Morgan fingerprint density at radius 1 is 1.23 bits per heavy atom. The van der Waals surface area contributed by atoms with Crippen LogP contribution in [0.3, 0.4) is 0 Å². The lowest BCUT2D eigenvalue weighted by Gasteiger charge is -2.28. The van der Waals surface area contributed by atoms with E-state index in [0.717, 1.165) is 38.0 Å². The van der Waals surface area contributed by atoms with E-state index in [4.69, 9.17) is 5.73 Å². The van der Waals surface area contributed by atoms with E-state index < -0.39 is 0 Å². The van der Waals surface area contributed by atoms with E-state index in [1.165, 1.54) is 19.3 Å². The SMILES string of the molecule is NC[C@H]1CCC[C@H]1C(=O)Nc1ccc(N2CCCCC2)cn1. The van der Waals surface area contributed by atoms with E-state index in [1.54, 1.807) is 0 Å². The topological polar surface area (TPSA) is 71.2 Å². The van der Waals surface area contributed by atoms with Gasteiger partial charge in [0.2, 0.25) is 5.91 Å². The molecule has 2 atom stereocenters. The minimum absolute atomic E-state index is 0.0496. The van der Waals surface area contributed by atoms with Crippen molar-refractivity contribution in [1.82, 2.24) is 4.98 Å². The van der Waals surface area contributed by atoms with Gasteiger partial charge >= 0.3 is 0 Å². The minimum Gasteiger partial charge on any atom is -0.370 e. The Labute approximate surface area is 132 Å². The number of rotatable bonds is 4. The Morgan fingerprint density at radius 3 is 2.73 bits per heavy atom. The first-order valence-corrected chi connectivity index (χ1v) is 8.50. The third-order valence-corrected chi connectivity index (χ3v) is 5.02. The van der Waals surface area contributed by atoms with Gasteiger partial charge in [0.15, 0.2) is 0 Å². The molecule has 0 radical (unpaired) electrons. The monoisotopic (exact) mass is 302 g/mol. The number of nitrogens with one attached hydrogen (secondary N) is 1. The molecule has 2 fully saturated rings. The second-order valence-electron chi connectivity index (χ2n) is 6.47. The maximum absolute atomic E-state index is 12.4. The van der Waals surface area contributed by atoms with E-state index in [1.807, 2.05) is 12.3 Å². The first kappa shape index (κ1) is 15.3. The molecule has 3 rings (SSSR count). The highest BCUT2D eigenvalue weighted by molar-refractivity contribution is 5.92. The second kappa shape index (κ2) is 7.09. The van der Waals surface area contributed by atoms with Crippen molar-refractivity contribution in [3.05, 3.63) is 18.3 Å². The Hall–Kier alpha value is -1.62. The lowest BCUT2D eigenvalue weighted by molar-refractivity contribution is -0.120. The molecule has 1 aromatic rings. The Morgan fingerprint density at radius 2 is 2.05 bits per heavy atom. The zero-order chi connectivity index (χ0) is 15.4. The van der Waals surface area contributed by atoms with Crippen LogP contribution in [-0.4, -0.2) is 30.5 Å². The van der Waals surface area contributed by atoms with E-state index in [0.29, 0.717) is 18.3 Å². The Balaban J connectivity index is 1.59. The number of hydrogen-bond acceptors (Lipinski definition) is 4. The molecule has 1 aliphatic heterocycles. The Bertz CT molecular complexity index is 496. The van der Waals surface area contributed by atoms with Crippen molar-refractivity contribution in [3.8, 4) is 0 Å². The molecule has 0 aromatic carbocycles. The van der Waals surface area contributed by atoms with Gasteiger partial charge in [0.05, 0.1) is 11.9 Å². The average molecular weight is 302 g/mol. The standard InChI is InChI=1S/C17H26N4O/c18-11-13-5-4-6-15(13)17(22)20-16-8-7-14(12-19-16)21-9-2-1-3-10-21/h7-8,12-13,15H,1-6,9-11,18H2,(H,19,20,22)/t13-,15-/m1/s1. The number of carbonyl (C=O) groups is 1. The summed E-state index contributed by atoms with van der Waals surface area (Å²) in [4.78, 5) is 19.1. The van der Waals surface area contributed by atoms with E-state index in [2.05, 4.69) is 21.3 Å². The van der Waals surface area contributed by atoms with Crippen molar-refractivity contribution < 1.29 is 4.79 Å². The number of carbonyl (C=O) groups excluding carboxylic acids is 1. The van der Waals surface area contributed by atoms with Gasteiger partial charge in [0.25, 0.3) is 0 Å². The van der Waals surface area contributed by atoms with Crippen molar-refractivity contribution in [2.75, 3.05) is 29.9 Å². The van der Waals surface area contributed by atoms with Crippen LogP contribution >= 0.6 is 0 Å². The van der Waals surface area contributed by atoms with Crippen LogP contribution in [0, 0.1) is 11.8 Å². The molecular formula is C17H26N4O. The van der Waals surface area contributed by atoms with E-state index >= 15 is 0 Å². The van der Waals surface area contributed by atoms with Crippen LogP contribution < -0.4 is 16.0 Å². The van der Waals surface area contributed by atoms with Gasteiger partial charge in [-0.05, 0) is 56.7 Å².